The molecule has 10 nitrogen and oxygen atoms in total. The minimum absolute atomic E-state index is 0.0279. The van der Waals surface area contributed by atoms with Crippen molar-refractivity contribution < 1.29 is 4.79 Å². The molecule has 2 saturated heterocycles. The molecule has 0 atom stereocenters. The Morgan fingerprint density at radius 2 is 1.84 bits per heavy atom. The number of imidazole rings is 1. The van der Waals surface area contributed by atoms with Crippen molar-refractivity contribution in [3.63, 3.8) is 0 Å². The predicted molar refractivity (Wildman–Crippen MR) is 144 cm³/mol. The molecule has 37 heavy (non-hydrogen) atoms. The zero-order chi connectivity index (χ0) is 26.2. The Morgan fingerprint density at radius 3 is 2.49 bits per heavy atom. The Balaban J connectivity index is 1.39. The number of likely N-dealkylation sites (tertiary alicyclic amines) is 1. The quantitative estimate of drug-likeness (QED) is 0.503. The molecular formula is C27H37N9O. The summed E-state index contributed by atoms with van der Waals surface area (Å²) >= 11 is 0. The number of piperidine rings is 1. The number of aromatic nitrogens is 5. The van der Waals surface area contributed by atoms with Crippen LogP contribution in [0.5, 0.6) is 0 Å². The molecular weight excluding hydrogens is 466 g/mol. The monoisotopic (exact) mass is 503 g/mol. The maximum atomic E-state index is 12.0. The third-order valence-corrected chi connectivity index (χ3v) is 7.50. The van der Waals surface area contributed by atoms with Gasteiger partial charge in [0.05, 0.1) is 5.69 Å². The van der Waals surface area contributed by atoms with Crippen LogP contribution >= 0.6 is 0 Å². The molecule has 3 aromatic heterocycles. The maximum absolute atomic E-state index is 12.0. The summed E-state index contributed by atoms with van der Waals surface area (Å²) in [5.41, 5.74) is 14.8. The molecule has 2 fully saturated rings. The fraction of sp³-hybridized carbons (Fsp3) is 0.519. The lowest BCUT2D eigenvalue weighted by molar-refractivity contribution is 0.100. The van der Waals surface area contributed by atoms with Gasteiger partial charge in [-0.2, -0.15) is 0 Å². The zero-order valence-corrected chi connectivity index (χ0v) is 22.0. The third-order valence-electron chi connectivity index (χ3n) is 7.50. The van der Waals surface area contributed by atoms with Gasteiger partial charge in [0.2, 0.25) is 0 Å². The van der Waals surface area contributed by atoms with Crippen molar-refractivity contribution >= 4 is 17.5 Å². The molecule has 0 unspecified atom stereocenters. The van der Waals surface area contributed by atoms with Gasteiger partial charge < -0.3 is 25.8 Å². The number of pyridine rings is 1. The second-order valence-corrected chi connectivity index (χ2v) is 11.1. The number of carbonyl (C=O) groups excluding carboxylic acids is 1. The largest absolute Gasteiger partial charge is 0.383 e. The fourth-order valence-corrected chi connectivity index (χ4v) is 5.14. The highest BCUT2D eigenvalue weighted by atomic mass is 16.1. The molecule has 0 spiro atoms. The molecule has 5 heterocycles. The van der Waals surface area contributed by atoms with E-state index in [1.807, 2.05) is 6.20 Å². The summed E-state index contributed by atoms with van der Waals surface area (Å²) < 4.78 is 2.35. The van der Waals surface area contributed by atoms with Crippen molar-refractivity contribution in [3.8, 4) is 11.3 Å². The summed E-state index contributed by atoms with van der Waals surface area (Å²) in [5, 5.41) is 0. The van der Waals surface area contributed by atoms with E-state index in [2.05, 4.69) is 68.4 Å². The molecule has 196 valence electrons. The summed E-state index contributed by atoms with van der Waals surface area (Å²) in [4.78, 5) is 34.6. The van der Waals surface area contributed by atoms with Crippen LogP contribution in [0.15, 0.2) is 30.9 Å². The van der Waals surface area contributed by atoms with Gasteiger partial charge in [-0.15, -0.1) is 0 Å². The van der Waals surface area contributed by atoms with Crippen LogP contribution in [-0.2, 0) is 12.0 Å². The summed E-state index contributed by atoms with van der Waals surface area (Å²) in [6.07, 6.45) is 8.56. The van der Waals surface area contributed by atoms with Gasteiger partial charge in [-0.3, -0.25) is 9.78 Å². The van der Waals surface area contributed by atoms with Crippen LogP contribution in [0, 0.1) is 0 Å². The first-order valence-electron chi connectivity index (χ1n) is 13.1. The molecule has 0 radical (unpaired) electrons. The number of anilines is 2. The van der Waals surface area contributed by atoms with E-state index in [1.165, 1.54) is 25.8 Å². The minimum atomic E-state index is -0.603. The van der Waals surface area contributed by atoms with Crippen molar-refractivity contribution in [1.29, 1.82) is 0 Å². The molecule has 1 amide bonds. The highest BCUT2D eigenvalue weighted by Gasteiger charge is 2.29. The Kier molecular flexibility index (Phi) is 6.85. The molecule has 0 saturated carbocycles. The Morgan fingerprint density at radius 1 is 1.08 bits per heavy atom. The lowest BCUT2D eigenvalue weighted by Crippen LogP contribution is -2.39. The summed E-state index contributed by atoms with van der Waals surface area (Å²) in [7, 11) is 0. The van der Waals surface area contributed by atoms with E-state index in [1.54, 1.807) is 0 Å². The second-order valence-electron chi connectivity index (χ2n) is 11.1. The molecule has 2 aliphatic heterocycles. The molecule has 5 rings (SSSR count). The molecule has 2 aliphatic rings. The Labute approximate surface area is 218 Å². The average Bonchev–Trinajstić information content (AvgIpc) is 3.26. The standard InChI is InChI=1S/C27H37N9O/c1-27(2,3)21-15-19(5-8-30-21)20-16-36(14-13-34-9-4-10-34)25(33-20)18-6-11-35(12-7-18)26-22(24(29)37)23(28)31-17-32-26/h5,8,15-18H,4,6-7,9-14H2,1-3H3,(H2,29,37)(H2,28,31,32). The van der Waals surface area contributed by atoms with E-state index >= 15 is 0 Å². The van der Waals surface area contributed by atoms with E-state index < -0.39 is 5.91 Å². The molecule has 4 N–H and O–H groups in total. The van der Waals surface area contributed by atoms with Gasteiger partial charge in [-0.1, -0.05) is 20.8 Å². The number of amides is 1. The topological polar surface area (TPSA) is 132 Å². The fourth-order valence-electron chi connectivity index (χ4n) is 5.14. The van der Waals surface area contributed by atoms with Crippen LogP contribution in [0.25, 0.3) is 11.3 Å². The van der Waals surface area contributed by atoms with Crippen molar-refractivity contribution in [1.82, 2.24) is 29.4 Å². The summed E-state index contributed by atoms with van der Waals surface area (Å²) in [6.45, 7) is 12.3. The molecule has 0 aromatic carbocycles. The van der Waals surface area contributed by atoms with Gasteiger partial charge in [-0.25, -0.2) is 15.0 Å². The SMILES string of the molecule is CC(C)(C)c1cc(-c2cn(CCN3CCC3)c(C3CCN(c4ncnc(N)c4C(N)=O)CC3)n2)ccn1. The van der Waals surface area contributed by atoms with Gasteiger partial charge in [0.15, 0.2) is 0 Å². The normalized spacial score (nSPS) is 17.1. The number of nitrogen functional groups attached to an aromatic ring is 1. The van der Waals surface area contributed by atoms with Gasteiger partial charge >= 0.3 is 0 Å². The van der Waals surface area contributed by atoms with Crippen LogP contribution < -0.4 is 16.4 Å². The van der Waals surface area contributed by atoms with Crippen molar-refractivity contribution in [3.05, 3.63) is 47.9 Å². The number of hydrogen-bond donors (Lipinski definition) is 2. The number of carbonyl (C=O) groups is 1. The van der Waals surface area contributed by atoms with Crippen molar-refractivity contribution in [2.24, 2.45) is 5.73 Å². The van der Waals surface area contributed by atoms with E-state index in [0.29, 0.717) is 11.7 Å². The third kappa shape index (κ3) is 5.29. The highest BCUT2D eigenvalue weighted by Crippen LogP contribution is 2.33. The smallest absolute Gasteiger partial charge is 0.256 e. The van der Waals surface area contributed by atoms with Gasteiger partial charge in [0.25, 0.3) is 5.91 Å². The van der Waals surface area contributed by atoms with E-state index in [4.69, 9.17) is 16.5 Å². The number of rotatable bonds is 7. The van der Waals surface area contributed by atoms with Crippen LogP contribution in [0.3, 0.4) is 0 Å². The summed E-state index contributed by atoms with van der Waals surface area (Å²) in [5.74, 6) is 1.47. The maximum Gasteiger partial charge on any atom is 0.256 e. The van der Waals surface area contributed by atoms with Crippen molar-refractivity contribution in [2.75, 3.05) is 43.4 Å². The number of nitrogens with two attached hydrogens (primary N) is 2. The Hall–Kier alpha value is -3.53. The molecule has 3 aromatic rings. The van der Waals surface area contributed by atoms with Crippen LogP contribution in [0.4, 0.5) is 11.6 Å². The summed E-state index contributed by atoms with van der Waals surface area (Å²) in [6, 6.07) is 4.22. The minimum Gasteiger partial charge on any atom is -0.383 e. The van der Waals surface area contributed by atoms with Crippen molar-refractivity contribution in [2.45, 2.75) is 57.9 Å². The predicted octanol–water partition coefficient (Wildman–Crippen LogP) is 2.80. The van der Waals surface area contributed by atoms with Gasteiger partial charge in [0.1, 0.15) is 29.4 Å². The molecule has 0 aliphatic carbocycles. The highest BCUT2D eigenvalue weighted by molar-refractivity contribution is 6.01. The molecule has 10 heteroatoms. The van der Waals surface area contributed by atoms with E-state index in [9.17, 15) is 4.79 Å². The Bertz CT molecular complexity index is 1270. The van der Waals surface area contributed by atoms with Gasteiger partial charge in [0, 0.05) is 61.2 Å². The zero-order valence-electron chi connectivity index (χ0n) is 22.0. The number of primary amides is 1. The van der Waals surface area contributed by atoms with Crippen LogP contribution in [-0.4, -0.2) is 68.0 Å². The van der Waals surface area contributed by atoms with Crippen LogP contribution in [0.2, 0.25) is 0 Å². The second kappa shape index (κ2) is 10.1. The van der Waals surface area contributed by atoms with Gasteiger partial charge in [-0.05, 0) is 44.5 Å². The average molecular weight is 504 g/mol. The number of hydrogen-bond acceptors (Lipinski definition) is 8. The lowest BCUT2D eigenvalue weighted by Gasteiger charge is -2.34. The number of nitrogens with zero attached hydrogens (tertiary/aromatic N) is 7. The van der Waals surface area contributed by atoms with E-state index in [0.717, 1.165) is 61.8 Å². The first-order valence-corrected chi connectivity index (χ1v) is 13.1. The lowest BCUT2D eigenvalue weighted by atomic mass is 9.90. The molecule has 0 bridgehead atoms. The van der Waals surface area contributed by atoms with E-state index in [-0.39, 0.29) is 16.8 Å². The van der Waals surface area contributed by atoms with Crippen LogP contribution in [0.1, 0.15) is 67.8 Å². The first kappa shape index (κ1) is 25.1. The first-order chi connectivity index (χ1) is 17.7.